The van der Waals surface area contributed by atoms with E-state index in [4.69, 9.17) is 37.0 Å². The number of phosphoric ester groups is 2. The SMILES string of the molecule is CCCCCCCCCCCCCCC(=O)N[C@H](COCCC(CCCCCCC)OC(=O)CCCCCCCCCCCC)COP(=O)([O-])OCCNC(=O)NCCOP(=O)([O-])OC[C@@H](COCCC(CCCCCCC)OC(=O)CCCCCCCCCCCC)NC(=O)CCCCCCCCCCCCC.[Na+].[Na+]. The van der Waals surface area contributed by atoms with E-state index in [2.05, 4.69) is 62.8 Å². The van der Waals surface area contributed by atoms with E-state index in [0.29, 0.717) is 51.4 Å². The summed E-state index contributed by atoms with van der Waals surface area (Å²) in [6.07, 6.45) is 63.6. The minimum atomic E-state index is -4.96. The zero-order chi connectivity index (χ0) is 79.9. The molecule has 4 N–H and O–H groups in total. The minimum absolute atomic E-state index is 0. The molecule has 0 aliphatic heterocycles. The first kappa shape index (κ1) is 114. The Morgan fingerprint density at radius 1 is 0.288 bits per heavy atom. The number of hydrogen-bond donors (Lipinski definition) is 4. The van der Waals surface area contributed by atoms with Gasteiger partial charge in [-0.1, -0.05) is 343 Å². The van der Waals surface area contributed by atoms with Crippen LogP contribution in [0.25, 0.3) is 0 Å². The Bertz CT molecular complexity index is 2170. The number of amides is 4. The van der Waals surface area contributed by atoms with Crippen molar-refractivity contribution < 1.29 is 139 Å². The fourth-order valence-corrected chi connectivity index (χ4v) is 14.9. The third-order valence-electron chi connectivity index (χ3n) is 20.3. The summed E-state index contributed by atoms with van der Waals surface area (Å²) in [5.74, 6) is -0.906. The molecule has 6 atom stereocenters. The summed E-state index contributed by atoms with van der Waals surface area (Å²) in [5.41, 5.74) is 0. The largest absolute Gasteiger partial charge is 1.00 e. The number of rotatable bonds is 87. The topological polar surface area (TPSA) is 288 Å². The molecule has 0 aliphatic carbocycles. The predicted octanol–water partition coefficient (Wildman–Crippen LogP) is 16.0. The fourth-order valence-electron chi connectivity index (χ4n) is 13.4. The molecule has 0 saturated carbocycles. The van der Waals surface area contributed by atoms with E-state index in [9.17, 15) is 42.9 Å². The van der Waals surface area contributed by atoms with Gasteiger partial charge in [0.15, 0.2) is 0 Å². The molecule has 21 nitrogen and oxygen atoms in total. The normalized spacial score (nSPS) is 13.6. The first-order valence-corrected chi connectivity index (χ1v) is 48.3. The van der Waals surface area contributed by atoms with Gasteiger partial charge < -0.3 is 68.1 Å². The van der Waals surface area contributed by atoms with Crippen molar-refractivity contribution in [2.24, 2.45) is 0 Å². The molecule has 25 heteroatoms. The summed E-state index contributed by atoms with van der Waals surface area (Å²) in [5, 5.41) is 10.7. The molecule has 0 spiro atoms. The second kappa shape index (κ2) is 87.1. The van der Waals surface area contributed by atoms with Crippen LogP contribution in [-0.4, -0.2) is 120 Å². The molecule has 0 rings (SSSR count). The zero-order valence-electron chi connectivity index (χ0n) is 72.8. The first-order chi connectivity index (χ1) is 53.0. The van der Waals surface area contributed by atoms with E-state index in [1.807, 2.05) is 0 Å². The molecule has 0 aromatic heterocycles. The van der Waals surface area contributed by atoms with Gasteiger partial charge in [-0.3, -0.25) is 28.3 Å². The van der Waals surface area contributed by atoms with Gasteiger partial charge >= 0.3 is 77.1 Å². The minimum Gasteiger partial charge on any atom is -0.756 e. The molecule has 111 heavy (non-hydrogen) atoms. The van der Waals surface area contributed by atoms with E-state index in [1.54, 1.807) is 0 Å². The average Bonchev–Trinajstić information content (AvgIpc) is 0.911. The summed E-state index contributed by atoms with van der Waals surface area (Å²) in [6, 6.07) is -2.45. The molecule has 4 unspecified atom stereocenters. The number of carbonyl (C=O) groups excluding carboxylic acids is 5. The van der Waals surface area contributed by atoms with Crippen LogP contribution >= 0.6 is 15.6 Å². The molecule has 0 radical (unpaired) electrons. The van der Waals surface area contributed by atoms with Crippen LogP contribution in [0.2, 0.25) is 0 Å². The molecule has 0 aliphatic rings. The Morgan fingerprint density at radius 2 is 0.523 bits per heavy atom. The number of phosphoric acid groups is 2. The number of unbranched alkanes of at least 4 members (excludes halogenated alkanes) is 47. The predicted molar refractivity (Wildman–Crippen MR) is 441 cm³/mol. The summed E-state index contributed by atoms with van der Waals surface area (Å²) >= 11 is 0. The third kappa shape index (κ3) is 84.1. The molecular weight excluding hydrogens is 1470 g/mol. The maximum absolute atomic E-state index is 13.3. The summed E-state index contributed by atoms with van der Waals surface area (Å²) < 4.78 is 71.0. The van der Waals surface area contributed by atoms with Crippen molar-refractivity contribution in [3.8, 4) is 0 Å². The second-order valence-corrected chi connectivity index (χ2v) is 33.8. The van der Waals surface area contributed by atoms with Crippen molar-refractivity contribution in [3.05, 3.63) is 0 Å². The Kier molecular flexibility index (Phi) is 89.8. The van der Waals surface area contributed by atoms with Crippen LogP contribution in [-0.2, 0) is 65.4 Å². The number of nitrogens with one attached hydrogen (secondary N) is 4. The van der Waals surface area contributed by atoms with E-state index in [-0.39, 0.29) is 147 Å². The molecule has 0 fully saturated rings. The van der Waals surface area contributed by atoms with Gasteiger partial charge in [-0.2, -0.15) is 0 Å². The number of ether oxygens (including phenoxy) is 4. The van der Waals surface area contributed by atoms with Crippen molar-refractivity contribution in [2.45, 2.75) is 458 Å². The van der Waals surface area contributed by atoms with Crippen LogP contribution in [0.4, 0.5) is 4.79 Å². The second-order valence-electron chi connectivity index (χ2n) is 31.0. The van der Waals surface area contributed by atoms with Crippen molar-refractivity contribution >= 4 is 45.4 Å². The molecule has 0 bridgehead atoms. The standard InChI is InChI=1S/C86H170N4O17P2.2Na/c1-7-13-19-25-29-33-37-39-41-45-51-57-63-83(92)90-79(75-101-71-67-81(61-55-49-24-18-12-6)107-85(94)65-59-53-47-43-36-32-28-22-16-10-4)77-105-109(98,99)103-73-69-88-86(95)87-68-72-102-108(96,97)104-76-78(89-82(91)62-56-50-44-40-38-34-30-26-20-14-8-2)74-100-70-66-80(60-54-48-23-17-11-5)106-84(93)64-58-52-46-42-35-31-27-21-15-9-3;;/h78-81H,7-77H2,1-6H3,(H,89,91)(H,90,92)(H,96,97)(H,98,99)(H2,87,88,95);;/q;2*+1/p-2/t78-,79-,80?,81?;;/m1../s1. The van der Waals surface area contributed by atoms with Crippen LogP contribution in [0.15, 0.2) is 0 Å². The van der Waals surface area contributed by atoms with Crippen LogP contribution in [0.3, 0.4) is 0 Å². The molecule has 0 saturated heterocycles. The molecule has 4 amide bonds. The van der Waals surface area contributed by atoms with E-state index in [1.165, 1.54) is 186 Å². The molecule has 0 heterocycles. The van der Waals surface area contributed by atoms with Crippen LogP contribution in [0.5, 0.6) is 0 Å². The third-order valence-corrected chi connectivity index (χ3v) is 22.2. The molecule has 0 aromatic rings. The average molecular weight is 1640 g/mol. The Labute approximate surface area is 723 Å². The van der Waals surface area contributed by atoms with E-state index < -0.39 is 60.2 Å². The van der Waals surface area contributed by atoms with Crippen LogP contribution in [0.1, 0.15) is 433 Å². The zero-order valence-corrected chi connectivity index (χ0v) is 78.6. The molecular formula is C86H168N4Na2O17P2. The van der Waals surface area contributed by atoms with Gasteiger partial charge in [-0.05, 0) is 51.4 Å². The first-order valence-electron chi connectivity index (χ1n) is 45.4. The van der Waals surface area contributed by atoms with Crippen molar-refractivity contribution in [1.82, 2.24) is 21.3 Å². The summed E-state index contributed by atoms with van der Waals surface area (Å²) in [4.78, 5) is 91.6. The van der Waals surface area contributed by atoms with Gasteiger partial charge in [-0.15, -0.1) is 0 Å². The van der Waals surface area contributed by atoms with Gasteiger partial charge in [0.1, 0.15) is 12.2 Å². The Balaban J connectivity index is -0.0000583. The number of esters is 2. The Morgan fingerprint density at radius 3 is 0.784 bits per heavy atom. The Hall–Kier alpha value is -0.710. The number of carbonyl (C=O) groups is 5. The molecule has 646 valence electrons. The van der Waals surface area contributed by atoms with E-state index >= 15 is 0 Å². The summed E-state index contributed by atoms with van der Waals surface area (Å²) in [6.45, 7) is 11.1. The summed E-state index contributed by atoms with van der Waals surface area (Å²) in [7, 11) is -9.93. The van der Waals surface area contributed by atoms with Crippen molar-refractivity contribution in [3.63, 3.8) is 0 Å². The number of urea groups is 1. The van der Waals surface area contributed by atoms with Gasteiger partial charge in [0.05, 0.1) is 64.9 Å². The maximum atomic E-state index is 13.3. The van der Waals surface area contributed by atoms with Gasteiger partial charge in [-0.25, -0.2) is 4.79 Å². The quantitative estimate of drug-likeness (QED) is 0.0190. The van der Waals surface area contributed by atoms with Crippen LogP contribution < -0.4 is 90.2 Å². The van der Waals surface area contributed by atoms with Crippen molar-refractivity contribution in [2.75, 3.05) is 65.9 Å². The van der Waals surface area contributed by atoms with Crippen LogP contribution in [0, 0.1) is 0 Å². The fraction of sp³-hybridized carbons (Fsp3) is 0.942. The van der Waals surface area contributed by atoms with Gasteiger partial charge in [0.2, 0.25) is 11.8 Å². The van der Waals surface area contributed by atoms with Crippen molar-refractivity contribution in [1.29, 1.82) is 0 Å². The maximum Gasteiger partial charge on any atom is 1.00 e. The van der Waals surface area contributed by atoms with Gasteiger partial charge in [0.25, 0.3) is 15.6 Å². The molecule has 0 aromatic carbocycles. The van der Waals surface area contributed by atoms with E-state index in [0.717, 1.165) is 141 Å². The number of hydrogen-bond acceptors (Lipinski definition) is 17. The monoisotopic (exact) mass is 1640 g/mol. The smallest absolute Gasteiger partial charge is 0.756 e. The van der Waals surface area contributed by atoms with Gasteiger partial charge in [0, 0.05) is 51.6 Å².